The predicted molar refractivity (Wildman–Crippen MR) is 123 cm³/mol. The van der Waals surface area contributed by atoms with Gasteiger partial charge in [0.2, 0.25) is 5.91 Å². The number of amides is 1. The van der Waals surface area contributed by atoms with Crippen LogP contribution in [0.15, 0.2) is 60.7 Å². The van der Waals surface area contributed by atoms with Gasteiger partial charge in [-0.3, -0.25) is 9.69 Å². The molecule has 31 heavy (non-hydrogen) atoms. The fourth-order valence-electron chi connectivity index (χ4n) is 4.86. The molecule has 3 aromatic rings. The zero-order valence-corrected chi connectivity index (χ0v) is 18.3. The van der Waals surface area contributed by atoms with E-state index in [4.69, 9.17) is 0 Å². The lowest BCUT2D eigenvalue weighted by atomic mass is 10.1. The Hall–Kier alpha value is -2.64. The van der Waals surface area contributed by atoms with E-state index in [2.05, 4.69) is 39.8 Å². The number of aromatic nitrogens is 1. The fraction of sp³-hybridized carbons (Fsp3) is 0.375. The first-order valence-corrected chi connectivity index (χ1v) is 12.7. The molecular formula is C24H27N3O3S. The fourth-order valence-corrected chi connectivity index (χ4v) is 6.63. The van der Waals surface area contributed by atoms with Gasteiger partial charge in [-0.15, -0.1) is 0 Å². The maximum atomic E-state index is 13.2. The number of para-hydroxylation sites is 1. The molecule has 0 unspecified atom stereocenters. The molecule has 2 fully saturated rings. The van der Waals surface area contributed by atoms with E-state index in [1.54, 1.807) is 0 Å². The van der Waals surface area contributed by atoms with Crippen LogP contribution in [0.1, 0.15) is 6.42 Å². The summed E-state index contributed by atoms with van der Waals surface area (Å²) >= 11 is 0. The summed E-state index contributed by atoms with van der Waals surface area (Å²) in [7, 11) is -2.89. The maximum Gasteiger partial charge on any atom is 0.242 e. The molecule has 2 aliphatic heterocycles. The Bertz CT molecular complexity index is 1200. The van der Waals surface area contributed by atoms with E-state index < -0.39 is 9.84 Å². The molecular weight excluding hydrogens is 410 g/mol. The topological polar surface area (TPSA) is 62.6 Å². The van der Waals surface area contributed by atoms with Gasteiger partial charge in [0.1, 0.15) is 6.54 Å². The molecule has 0 radical (unpaired) electrons. The third kappa shape index (κ3) is 4.12. The number of rotatable bonds is 4. The van der Waals surface area contributed by atoms with E-state index >= 15 is 0 Å². The van der Waals surface area contributed by atoms with Crippen LogP contribution < -0.4 is 0 Å². The van der Waals surface area contributed by atoms with Crippen molar-refractivity contribution in [2.75, 3.05) is 37.7 Å². The Morgan fingerprint density at radius 3 is 2.35 bits per heavy atom. The van der Waals surface area contributed by atoms with Gasteiger partial charge < -0.3 is 9.47 Å². The molecule has 0 saturated carbocycles. The van der Waals surface area contributed by atoms with Crippen LogP contribution in [0, 0.1) is 0 Å². The highest BCUT2D eigenvalue weighted by Gasteiger charge is 2.34. The molecule has 1 aromatic heterocycles. The van der Waals surface area contributed by atoms with Gasteiger partial charge >= 0.3 is 0 Å². The van der Waals surface area contributed by atoms with Gasteiger partial charge in [-0.25, -0.2) is 8.42 Å². The number of carbonyl (C=O) groups excluding carboxylic acids is 1. The van der Waals surface area contributed by atoms with Crippen molar-refractivity contribution >= 4 is 26.6 Å². The number of piperazine rings is 1. The number of sulfone groups is 1. The van der Waals surface area contributed by atoms with Gasteiger partial charge in [-0.1, -0.05) is 48.5 Å². The van der Waals surface area contributed by atoms with Crippen LogP contribution in [0.4, 0.5) is 0 Å². The van der Waals surface area contributed by atoms with E-state index in [-0.39, 0.29) is 17.7 Å². The molecule has 1 atom stereocenters. The summed E-state index contributed by atoms with van der Waals surface area (Å²) in [5, 5.41) is 1.13. The molecule has 0 spiro atoms. The molecule has 7 heteroatoms. The number of benzene rings is 2. The maximum absolute atomic E-state index is 13.2. The molecule has 0 N–H and O–H groups in total. The average Bonchev–Trinajstić information content (AvgIpc) is 3.34. The summed E-state index contributed by atoms with van der Waals surface area (Å²) < 4.78 is 25.7. The molecule has 0 bridgehead atoms. The second-order valence-corrected chi connectivity index (χ2v) is 10.7. The minimum atomic E-state index is -2.89. The van der Waals surface area contributed by atoms with Crippen LogP contribution >= 0.6 is 0 Å². The lowest BCUT2D eigenvalue weighted by molar-refractivity contribution is -0.133. The van der Waals surface area contributed by atoms with Crippen LogP contribution in [0.3, 0.4) is 0 Å². The molecule has 5 rings (SSSR count). The molecule has 162 valence electrons. The van der Waals surface area contributed by atoms with E-state index in [0.29, 0.717) is 31.8 Å². The lowest BCUT2D eigenvalue weighted by Gasteiger charge is -2.37. The summed E-state index contributed by atoms with van der Waals surface area (Å²) in [5.41, 5.74) is 3.20. The minimum Gasteiger partial charge on any atom is -0.339 e. The van der Waals surface area contributed by atoms with Crippen molar-refractivity contribution in [3.63, 3.8) is 0 Å². The van der Waals surface area contributed by atoms with Crippen LogP contribution in [-0.4, -0.2) is 72.4 Å². The van der Waals surface area contributed by atoms with Gasteiger partial charge in [-0.2, -0.15) is 0 Å². The third-order valence-corrected chi connectivity index (χ3v) is 8.32. The zero-order valence-electron chi connectivity index (χ0n) is 17.5. The van der Waals surface area contributed by atoms with E-state index in [0.717, 1.165) is 35.2 Å². The van der Waals surface area contributed by atoms with Crippen molar-refractivity contribution in [2.45, 2.75) is 19.0 Å². The Balaban J connectivity index is 1.32. The van der Waals surface area contributed by atoms with Gasteiger partial charge in [0.25, 0.3) is 0 Å². The number of fused-ring (bicyclic) bond motifs is 1. The average molecular weight is 438 g/mol. The number of hydrogen-bond donors (Lipinski definition) is 0. The summed E-state index contributed by atoms with van der Waals surface area (Å²) in [6.07, 6.45) is 0.714. The predicted octanol–water partition coefficient (Wildman–Crippen LogP) is 2.64. The number of hydrogen-bond acceptors (Lipinski definition) is 4. The Labute approximate surface area is 183 Å². The number of carbonyl (C=O) groups is 1. The SMILES string of the molecule is O=C(Cn1c(-c2ccccc2)cc2ccccc21)N1CCN([C@@H]2CCS(=O)(=O)C2)CC1. The Morgan fingerprint density at radius 2 is 1.65 bits per heavy atom. The van der Waals surface area contributed by atoms with Crippen LogP contribution in [-0.2, 0) is 21.2 Å². The van der Waals surface area contributed by atoms with Crippen LogP contribution in [0.2, 0.25) is 0 Å². The highest BCUT2D eigenvalue weighted by molar-refractivity contribution is 7.91. The lowest BCUT2D eigenvalue weighted by Crippen LogP contribution is -2.52. The van der Waals surface area contributed by atoms with Crippen molar-refractivity contribution in [3.8, 4) is 11.3 Å². The largest absolute Gasteiger partial charge is 0.339 e. The van der Waals surface area contributed by atoms with Crippen molar-refractivity contribution in [3.05, 3.63) is 60.7 Å². The second kappa shape index (κ2) is 8.13. The van der Waals surface area contributed by atoms with Crippen LogP contribution in [0.25, 0.3) is 22.2 Å². The molecule has 1 amide bonds. The quantitative estimate of drug-likeness (QED) is 0.630. The minimum absolute atomic E-state index is 0.109. The van der Waals surface area contributed by atoms with Crippen molar-refractivity contribution in [2.24, 2.45) is 0 Å². The molecule has 0 aliphatic carbocycles. The summed E-state index contributed by atoms with van der Waals surface area (Å²) in [4.78, 5) is 17.4. The first kappa shape index (κ1) is 20.3. The summed E-state index contributed by atoms with van der Waals surface area (Å²) in [6.45, 7) is 3.08. The molecule has 2 aromatic carbocycles. The first-order chi connectivity index (χ1) is 15.0. The van der Waals surface area contributed by atoms with E-state index in [9.17, 15) is 13.2 Å². The Morgan fingerprint density at radius 1 is 0.935 bits per heavy atom. The zero-order chi connectivity index (χ0) is 21.4. The van der Waals surface area contributed by atoms with Gasteiger partial charge in [0.05, 0.1) is 11.5 Å². The molecule has 3 heterocycles. The number of nitrogens with zero attached hydrogens (tertiary/aromatic N) is 3. The van der Waals surface area contributed by atoms with E-state index in [1.165, 1.54) is 0 Å². The Kier molecular flexibility index (Phi) is 5.32. The highest BCUT2D eigenvalue weighted by atomic mass is 32.2. The van der Waals surface area contributed by atoms with Crippen molar-refractivity contribution < 1.29 is 13.2 Å². The van der Waals surface area contributed by atoms with Gasteiger partial charge in [0, 0.05) is 48.8 Å². The van der Waals surface area contributed by atoms with Crippen LogP contribution in [0.5, 0.6) is 0 Å². The normalized spacial score (nSPS) is 21.5. The smallest absolute Gasteiger partial charge is 0.242 e. The van der Waals surface area contributed by atoms with Gasteiger partial charge in [0.15, 0.2) is 9.84 Å². The monoisotopic (exact) mass is 437 g/mol. The van der Waals surface area contributed by atoms with Gasteiger partial charge in [-0.05, 0) is 24.1 Å². The first-order valence-electron chi connectivity index (χ1n) is 10.9. The van der Waals surface area contributed by atoms with Crippen molar-refractivity contribution in [1.29, 1.82) is 0 Å². The van der Waals surface area contributed by atoms with Crippen molar-refractivity contribution in [1.82, 2.24) is 14.4 Å². The summed E-state index contributed by atoms with van der Waals surface area (Å²) in [6, 6.07) is 20.6. The standard InChI is InChI=1S/C24H27N3O3S/c28-24(26-13-11-25(12-14-26)21-10-15-31(29,30)18-21)17-27-22-9-5-4-8-20(22)16-23(27)19-6-2-1-3-7-19/h1-9,16,21H,10-15,17-18H2/t21-/m1/s1. The second-order valence-electron chi connectivity index (χ2n) is 8.51. The third-order valence-electron chi connectivity index (χ3n) is 6.57. The highest BCUT2D eigenvalue weighted by Crippen LogP contribution is 2.28. The molecule has 2 saturated heterocycles. The molecule has 2 aliphatic rings. The summed E-state index contributed by atoms with van der Waals surface area (Å²) in [5.74, 6) is 0.661. The van der Waals surface area contributed by atoms with E-state index in [1.807, 2.05) is 35.2 Å². The molecule has 6 nitrogen and oxygen atoms in total.